The number of pyridine rings is 1. The Labute approximate surface area is 134 Å². The van der Waals surface area contributed by atoms with Gasteiger partial charge in [0.1, 0.15) is 5.82 Å². The first-order valence-corrected chi connectivity index (χ1v) is 7.16. The zero-order valence-electron chi connectivity index (χ0n) is 12.8. The molecule has 1 aromatic carbocycles. The molecule has 0 aliphatic heterocycles. The average molecular weight is 325 g/mol. The average Bonchev–Trinajstić information content (AvgIpc) is 3.06. The van der Waals surface area contributed by atoms with Crippen molar-refractivity contribution in [2.75, 3.05) is 0 Å². The molecule has 0 saturated heterocycles. The third kappa shape index (κ3) is 1.96. The minimum absolute atomic E-state index is 0.113. The summed E-state index contributed by atoms with van der Waals surface area (Å²) in [6, 6.07) is 4.23. The van der Waals surface area contributed by atoms with E-state index in [4.69, 9.17) is 5.11 Å². The number of hydrogen-bond donors (Lipinski definition) is 2. The first kappa shape index (κ1) is 14.3. The number of hydrogen-bond acceptors (Lipinski definition) is 4. The Bertz CT molecular complexity index is 1110. The van der Waals surface area contributed by atoms with Gasteiger partial charge < -0.3 is 10.1 Å². The maximum Gasteiger partial charge on any atom is 0.335 e. The van der Waals surface area contributed by atoms with Gasteiger partial charge in [-0.2, -0.15) is 0 Å². The fourth-order valence-corrected chi connectivity index (χ4v) is 2.96. The summed E-state index contributed by atoms with van der Waals surface area (Å²) < 4.78 is 16.0. The van der Waals surface area contributed by atoms with E-state index in [0.717, 1.165) is 23.0 Å². The third-order valence-corrected chi connectivity index (χ3v) is 4.00. The van der Waals surface area contributed by atoms with E-state index >= 15 is 0 Å². The monoisotopic (exact) mass is 325 g/mol. The highest BCUT2D eigenvalue weighted by Crippen LogP contribution is 2.30. The fourth-order valence-electron chi connectivity index (χ4n) is 2.96. The summed E-state index contributed by atoms with van der Waals surface area (Å²) in [7, 11) is 1.78. The number of benzene rings is 1. The molecular weight excluding hydrogens is 313 g/mol. The molecule has 7 nitrogen and oxygen atoms in total. The molecule has 0 saturated carbocycles. The largest absolute Gasteiger partial charge is 0.478 e. The number of carboxylic acid groups (broad SMARTS) is 1. The van der Waals surface area contributed by atoms with Crippen LogP contribution < -0.4 is 0 Å². The van der Waals surface area contributed by atoms with Crippen molar-refractivity contribution in [1.82, 2.24) is 25.0 Å². The van der Waals surface area contributed by atoms with Crippen molar-refractivity contribution < 1.29 is 14.3 Å². The Balaban J connectivity index is 2.00. The lowest BCUT2D eigenvalue weighted by molar-refractivity contribution is 0.0696. The molecule has 8 heteroatoms. The number of rotatable bonds is 2. The number of carbonyl (C=O) groups is 1. The van der Waals surface area contributed by atoms with E-state index in [1.165, 1.54) is 6.07 Å². The van der Waals surface area contributed by atoms with Crippen molar-refractivity contribution in [3.63, 3.8) is 0 Å². The second-order valence-corrected chi connectivity index (χ2v) is 5.58. The molecule has 0 spiro atoms. The second kappa shape index (κ2) is 4.85. The smallest absolute Gasteiger partial charge is 0.335 e. The van der Waals surface area contributed by atoms with Crippen LogP contribution in [0, 0.1) is 12.7 Å². The number of aromatic carboxylic acids is 1. The van der Waals surface area contributed by atoms with Crippen LogP contribution in [0.1, 0.15) is 16.1 Å². The molecule has 3 aromatic heterocycles. The van der Waals surface area contributed by atoms with Crippen LogP contribution in [-0.2, 0) is 7.05 Å². The first-order chi connectivity index (χ1) is 11.5. The fraction of sp³-hybridized carbons (Fsp3) is 0.125. The van der Waals surface area contributed by atoms with Crippen molar-refractivity contribution >= 4 is 27.9 Å². The van der Waals surface area contributed by atoms with Crippen molar-refractivity contribution in [2.24, 2.45) is 7.05 Å². The summed E-state index contributed by atoms with van der Waals surface area (Å²) in [4.78, 5) is 18.5. The van der Waals surface area contributed by atoms with Gasteiger partial charge in [0.15, 0.2) is 0 Å². The first-order valence-electron chi connectivity index (χ1n) is 7.16. The molecule has 0 bridgehead atoms. The zero-order chi connectivity index (χ0) is 17.0. The van der Waals surface area contributed by atoms with Crippen LogP contribution in [0.5, 0.6) is 0 Å². The number of halogens is 1. The topological polar surface area (TPSA) is 96.7 Å². The lowest BCUT2D eigenvalue weighted by atomic mass is 10.1. The number of nitrogens with zero attached hydrogens (tertiary/aromatic N) is 4. The van der Waals surface area contributed by atoms with E-state index in [0.29, 0.717) is 16.6 Å². The summed E-state index contributed by atoms with van der Waals surface area (Å²) in [5, 5.41) is 17.3. The van der Waals surface area contributed by atoms with Gasteiger partial charge in [-0.3, -0.25) is 4.98 Å². The Morgan fingerprint density at radius 3 is 2.75 bits per heavy atom. The molecule has 0 atom stereocenters. The zero-order valence-corrected chi connectivity index (χ0v) is 12.8. The molecule has 2 N–H and O–H groups in total. The van der Waals surface area contributed by atoms with Crippen LogP contribution in [0.25, 0.3) is 33.2 Å². The Kier molecular flexibility index (Phi) is 2.89. The summed E-state index contributed by atoms with van der Waals surface area (Å²) in [6.07, 6.45) is 1.63. The van der Waals surface area contributed by atoms with Gasteiger partial charge in [0, 0.05) is 18.8 Å². The van der Waals surface area contributed by atoms with Gasteiger partial charge in [-0.15, -0.1) is 5.10 Å². The standard InChI is InChI=1S/C16H12FN5O2/c1-7-15(22(2)21-20-7)9-5-12-14(18-6-9)13-10(17)3-8(16(23)24)4-11(13)19-12/h3-6,19H,1-2H3,(H,23,24). The van der Waals surface area contributed by atoms with Crippen molar-refractivity contribution in [3.05, 3.63) is 41.5 Å². The predicted octanol–water partition coefficient (Wildman–Crippen LogP) is 2.66. The number of fused-ring (bicyclic) bond motifs is 3. The van der Waals surface area contributed by atoms with E-state index in [1.807, 2.05) is 13.0 Å². The number of aromatic nitrogens is 5. The highest BCUT2D eigenvalue weighted by molar-refractivity contribution is 6.07. The SMILES string of the molecule is Cc1nnn(C)c1-c1cnc2c(c1)[nH]c1cc(C(=O)O)cc(F)c12. The Morgan fingerprint density at radius 2 is 2.08 bits per heavy atom. The second-order valence-electron chi connectivity index (χ2n) is 5.58. The van der Waals surface area contributed by atoms with Gasteiger partial charge >= 0.3 is 5.97 Å². The molecule has 4 aromatic rings. The third-order valence-electron chi connectivity index (χ3n) is 4.00. The van der Waals surface area contributed by atoms with Crippen LogP contribution >= 0.6 is 0 Å². The highest BCUT2D eigenvalue weighted by Gasteiger charge is 2.16. The van der Waals surface area contributed by atoms with E-state index in [2.05, 4.69) is 20.3 Å². The molecule has 0 fully saturated rings. The number of nitrogens with one attached hydrogen (secondary N) is 1. The Hall–Kier alpha value is -3.29. The highest BCUT2D eigenvalue weighted by atomic mass is 19.1. The van der Waals surface area contributed by atoms with E-state index < -0.39 is 11.8 Å². The molecule has 0 aliphatic rings. The maximum atomic E-state index is 14.3. The van der Waals surface area contributed by atoms with Crippen LogP contribution in [0.15, 0.2) is 24.4 Å². The van der Waals surface area contributed by atoms with E-state index in [9.17, 15) is 9.18 Å². The van der Waals surface area contributed by atoms with Gasteiger partial charge in [-0.1, -0.05) is 5.21 Å². The minimum Gasteiger partial charge on any atom is -0.478 e. The molecule has 24 heavy (non-hydrogen) atoms. The molecule has 0 radical (unpaired) electrons. The lowest BCUT2D eigenvalue weighted by Crippen LogP contribution is -1.97. The van der Waals surface area contributed by atoms with Crippen LogP contribution in [-0.4, -0.2) is 36.0 Å². The molecule has 3 heterocycles. The minimum atomic E-state index is -1.18. The molecule has 0 amide bonds. The predicted molar refractivity (Wildman–Crippen MR) is 85.3 cm³/mol. The van der Waals surface area contributed by atoms with Gasteiger partial charge in [0.2, 0.25) is 0 Å². The van der Waals surface area contributed by atoms with Gasteiger partial charge in [0.05, 0.1) is 38.9 Å². The van der Waals surface area contributed by atoms with E-state index in [-0.39, 0.29) is 10.9 Å². The quantitative estimate of drug-likeness (QED) is 0.590. The number of H-pyrrole nitrogens is 1. The number of aromatic amines is 1. The maximum absolute atomic E-state index is 14.3. The van der Waals surface area contributed by atoms with Crippen molar-refractivity contribution in [3.8, 4) is 11.3 Å². The Morgan fingerprint density at radius 1 is 1.29 bits per heavy atom. The molecular formula is C16H12FN5O2. The summed E-state index contributed by atoms with van der Waals surface area (Å²) in [5.74, 6) is -1.80. The molecule has 0 unspecified atom stereocenters. The van der Waals surface area contributed by atoms with Crippen LogP contribution in [0.2, 0.25) is 0 Å². The van der Waals surface area contributed by atoms with Gasteiger partial charge in [-0.25, -0.2) is 13.9 Å². The normalized spacial score (nSPS) is 11.5. The van der Waals surface area contributed by atoms with Crippen molar-refractivity contribution in [1.29, 1.82) is 0 Å². The number of carboxylic acids is 1. The van der Waals surface area contributed by atoms with Gasteiger partial charge in [-0.05, 0) is 25.1 Å². The van der Waals surface area contributed by atoms with Crippen LogP contribution in [0.4, 0.5) is 4.39 Å². The van der Waals surface area contributed by atoms with Crippen LogP contribution in [0.3, 0.4) is 0 Å². The van der Waals surface area contributed by atoms with E-state index in [1.54, 1.807) is 17.9 Å². The molecule has 4 rings (SSSR count). The number of aryl methyl sites for hydroxylation is 2. The summed E-state index contributed by atoms with van der Waals surface area (Å²) >= 11 is 0. The van der Waals surface area contributed by atoms with Gasteiger partial charge in [0.25, 0.3) is 0 Å². The van der Waals surface area contributed by atoms with Crippen molar-refractivity contribution in [2.45, 2.75) is 6.92 Å². The molecule has 120 valence electrons. The lowest BCUT2D eigenvalue weighted by Gasteiger charge is -2.02. The summed E-state index contributed by atoms with van der Waals surface area (Å²) in [6.45, 7) is 1.84. The summed E-state index contributed by atoms with van der Waals surface area (Å²) in [5.41, 5.74) is 3.72. The molecule has 0 aliphatic carbocycles.